The van der Waals surface area contributed by atoms with Crippen molar-refractivity contribution in [1.82, 2.24) is 4.90 Å². The number of carboxylic acid groups (broad SMARTS) is 1. The highest BCUT2D eigenvalue weighted by Gasteiger charge is 2.49. The molecule has 2 fully saturated rings. The number of rotatable bonds is 4. The van der Waals surface area contributed by atoms with Gasteiger partial charge in [-0.25, -0.2) is 0 Å². The molecule has 5 heteroatoms. The smallest absolute Gasteiger partial charge is 0.310 e. The third-order valence-corrected chi connectivity index (χ3v) is 5.11. The summed E-state index contributed by atoms with van der Waals surface area (Å²) in [5.74, 6) is -0.862. The van der Waals surface area contributed by atoms with Gasteiger partial charge in [-0.2, -0.15) is 0 Å². The van der Waals surface area contributed by atoms with E-state index in [1.807, 2.05) is 13.8 Å². The van der Waals surface area contributed by atoms with Crippen LogP contribution in [0.25, 0.3) is 0 Å². The standard InChI is InChI=1S/C15H25NO4/c1-11(2)15(20)9-16(10-15)12(17)8-14(13(18)19)6-4-3-5-7-14/h11,20H,3-10H2,1-2H3,(H,18,19). The van der Waals surface area contributed by atoms with Gasteiger partial charge in [0.25, 0.3) is 0 Å². The van der Waals surface area contributed by atoms with Crippen LogP contribution in [0.15, 0.2) is 0 Å². The third kappa shape index (κ3) is 2.68. The average molecular weight is 283 g/mol. The Bertz CT molecular complexity index is 393. The van der Waals surface area contributed by atoms with E-state index in [0.29, 0.717) is 25.9 Å². The van der Waals surface area contributed by atoms with Crippen molar-refractivity contribution in [3.8, 4) is 0 Å². The maximum atomic E-state index is 12.3. The van der Waals surface area contributed by atoms with Crippen molar-refractivity contribution in [3.63, 3.8) is 0 Å². The zero-order chi connectivity index (χ0) is 15.0. The van der Waals surface area contributed by atoms with E-state index in [1.165, 1.54) is 0 Å². The van der Waals surface area contributed by atoms with Crippen molar-refractivity contribution in [2.24, 2.45) is 11.3 Å². The number of nitrogens with zero attached hydrogens (tertiary/aromatic N) is 1. The second-order valence-corrected chi connectivity index (χ2v) is 6.83. The maximum absolute atomic E-state index is 12.3. The van der Waals surface area contributed by atoms with Crippen molar-refractivity contribution in [2.75, 3.05) is 13.1 Å². The molecule has 0 aromatic rings. The predicted molar refractivity (Wildman–Crippen MR) is 74.1 cm³/mol. The van der Waals surface area contributed by atoms with Gasteiger partial charge in [0.15, 0.2) is 0 Å². The molecule has 1 aliphatic heterocycles. The number of aliphatic hydroxyl groups is 1. The lowest BCUT2D eigenvalue weighted by atomic mass is 9.71. The molecule has 20 heavy (non-hydrogen) atoms. The van der Waals surface area contributed by atoms with Crippen LogP contribution in [0, 0.1) is 11.3 Å². The van der Waals surface area contributed by atoms with Crippen molar-refractivity contribution in [1.29, 1.82) is 0 Å². The van der Waals surface area contributed by atoms with Crippen LogP contribution in [0.4, 0.5) is 0 Å². The summed E-state index contributed by atoms with van der Waals surface area (Å²) in [6.45, 7) is 4.53. The van der Waals surface area contributed by atoms with Gasteiger partial charge in [0.1, 0.15) is 5.60 Å². The number of likely N-dealkylation sites (tertiary alicyclic amines) is 1. The second-order valence-electron chi connectivity index (χ2n) is 6.83. The average Bonchev–Trinajstić information content (AvgIpc) is 2.35. The monoisotopic (exact) mass is 283 g/mol. The van der Waals surface area contributed by atoms with Gasteiger partial charge in [0.2, 0.25) is 5.91 Å². The van der Waals surface area contributed by atoms with E-state index in [0.717, 1.165) is 19.3 Å². The first-order chi connectivity index (χ1) is 9.29. The summed E-state index contributed by atoms with van der Waals surface area (Å²) >= 11 is 0. The first-order valence-corrected chi connectivity index (χ1v) is 7.53. The predicted octanol–water partition coefficient (Wildman–Crippen LogP) is 1.64. The Morgan fingerprint density at radius 3 is 2.15 bits per heavy atom. The van der Waals surface area contributed by atoms with Crippen LogP contribution in [0.1, 0.15) is 52.4 Å². The van der Waals surface area contributed by atoms with Gasteiger partial charge in [-0.05, 0) is 18.8 Å². The van der Waals surface area contributed by atoms with E-state index < -0.39 is 17.0 Å². The molecule has 0 bridgehead atoms. The highest BCUT2D eigenvalue weighted by molar-refractivity contribution is 5.85. The molecular formula is C15H25NO4. The number of carboxylic acids is 1. The van der Waals surface area contributed by atoms with E-state index >= 15 is 0 Å². The van der Waals surface area contributed by atoms with E-state index in [9.17, 15) is 19.8 Å². The molecule has 1 saturated carbocycles. The number of hydrogen-bond acceptors (Lipinski definition) is 3. The van der Waals surface area contributed by atoms with Crippen molar-refractivity contribution >= 4 is 11.9 Å². The SMILES string of the molecule is CC(C)C1(O)CN(C(=O)CC2(C(=O)O)CCCCC2)C1. The van der Waals surface area contributed by atoms with Crippen molar-refractivity contribution in [3.05, 3.63) is 0 Å². The van der Waals surface area contributed by atoms with Crippen LogP contribution in [0.2, 0.25) is 0 Å². The van der Waals surface area contributed by atoms with E-state index in [1.54, 1.807) is 4.90 Å². The number of hydrogen-bond donors (Lipinski definition) is 2. The maximum Gasteiger partial charge on any atom is 0.310 e. The molecule has 2 rings (SSSR count). The molecule has 2 N–H and O–H groups in total. The molecule has 0 aromatic carbocycles. The molecule has 1 saturated heterocycles. The second kappa shape index (κ2) is 5.35. The number of carbonyl (C=O) groups excluding carboxylic acids is 1. The first-order valence-electron chi connectivity index (χ1n) is 7.53. The highest BCUT2D eigenvalue weighted by Crippen LogP contribution is 2.41. The summed E-state index contributed by atoms with van der Waals surface area (Å²) in [4.78, 5) is 25.4. The summed E-state index contributed by atoms with van der Waals surface area (Å²) in [5.41, 5.74) is -1.67. The topological polar surface area (TPSA) is 77.8 Å². The summed E-state index contributed by atoms with van der Waals surface area (Å²) in [5, 5.41) is 19.7. The van der Waals surface area contributed by atoms with Crippen molar-refractivity contribution in [2.45, 2.75) is 58.0 Å². The van der Waals surface area contributed by atoms with Crippen LogP contribution in [-0.4, -0.2) is 45.7 Å². The molecule has 0 unspecified atom stereocenters. The largest absolute Gasteiger partial charge is 0.481 e. The van der Waals surface area contributed by atoms with Crippen LogP contribution in [0.5, 0.6) is 0 Å². The summed E-state index contributed by atoms with van der Waals surface area (Å²) in [6, 6.07) is 0. The lowest BCUT2D eigenvalue weighted by molar-refractivity contribution is -0.170. The van der Waals surface area contributed by atoms with Gasteiger partial charge in [0, 0.05) is 6.42 Å². The van der Waals surface area contributed by atoms with Crippen LogP contribution >= 0.6 is 0 Å². The normalized spacial score (nSPS) is 24.3. The minimum Gasteiger partial charge on any atom is -0.481 e. The van der Waals surface area contributed by atoms with Crippen molar-refractivity contribution < 1.29 is 19.8 Å². The highest BCUT2D eigenvalue weighted by atomic mass is 16.4. The molecular weight excluding hydrogens is 258 g/mol. The molecule has 1 amide bonds. The van der Waals surface area contributed by atoms with E-state index in [2.05, 4.69) is 0 Å². The number of amides is 1. The van der Waals surface area contributed by atoms with Gasteiger partial charge < -0.3 is 15.1 Å². The Balaban J connectivity index is 1.96. The molecule has 0 aromatic heterocycles. The fourth-order valence-electron chi connectivity index (χ4n) is 3.25. The zero-order valence-electron chi connectivity index (χ0n) is 12.4. The molecule has 1 heterocycles. The minimum atomic E-state index is -0.874. The van der Waals surface area contributed by atoms with Gasteiger partial charge in [-0.1, -0.05) is 33.1 Å². The summed E-state index contributed by atoms with van der Waals surface area (Å²) in [7, 11) is 0. The molecule has 0 spiro atoms. The lowest BCUT2D eigenvalue weighted by Gasteiger charge is -2.50. The van der Waals surface area contributed by atoms with Gasteiger partial charge in [-0.3, -0.25) is 9.59 Å². The molecule has 5 nitrogen and oxygen atoms in total. The van der Waals surface area contributed by atoms with Crippen LogP contribution < -0.4 is 0 Å². The molecule has 2 aliphatic rings. The molecule has 0 radical (unpaired) electrons. The Labute approximate surface area is 120 Å². The third-order valence-electron chi connectivity index (χ3n) is 5.11. The number of aliphatic carboxylic acids is 1. The fraction of sp³-hybridized carbons (Fsp3) is 0.867. The number of β-amino-alcohol motifs (C(OH)–C–C–N with tert-alkyl or cyclic N) is 1. The zero-order valence-corrected chi connectivity index (χ0v) is 12.4. The van der Waals surface area contributed by atoms with Crippen LogP contribution in [-0.2, 0) is 9.59 Å². The first kappa shape index (κ1) is 15.3. The Morgan fingerprint density at radius 1 is 1.15 bits per heavy atom. The van der Waals surface area contributed by atoms with Gasteiger partial charge >= 0.3 is 5.97 Å². The minimum absolute atomic E-state index is 0.0799. The van der Waals surface area contributed by atoms with E-state index in [-0.39, 0.29) is 18.2 Å². The Morgan fingerprint density at radius 2 is 1.70 bits per heavy atom. The van der Waals surface area contributed by atoms with Gasteiger partial charge in [-0.15, -0.1) is 0 Å². The molecule has 1 aliphatic carbocycles. The fourth-order valence-corrected chi connectivity index (χ4v) is 3.25. The van der Waals surface area contributed by atoms with Crippen LogP contribution in [0.3, 0.4) is 0 Å². The molecule has 114 valence electrons. The Hall–Kier alpha value is -1.10. The number of carbonyl (C=O) groups is 2. The van der Waals surface area contributed by atoms with Gasteiger partial charge in [0.05, 0.1) is 18.5 Å². The molecule has 0 atom stereocenters. The Kier molecular flexibility index (Phi) is 4.09. The van der Waals surface area contributed by atoms with E-state index in [4.69, 9.17) is 0 Å². The summed E-state index contributed by atoms with van der Waals surface area (Å²) in [6.07, 6.45) is 4.09. The summed E-state index contributed by atoms with van der Waals surface area (Å²) < 4.78 is 0. The quantitative estimate of drug-likeness (QED) is 0.822. The lowest BCUT2D eigenvalue weighted by Crippen LogP contribution is -2.66.